The minimum absolute atomic E-state index is 0.232. The van der Waals surface area contributed by atoms with Crippen LogP contribution < -0.4 is 0 Å². The predicted octanol–water partition coefficient (Wildman–Crippen LogP) is 1.30. The summed E-state index contributed by atoms with van der Waals surface area (Å²) in [6, 6.07) is 0. The second kappa shape index (κ2) is 3.62. The van der Waals surface area contributed by atoms with Gasteiger partial charge < -0.3 is 14.2 Å². The minimum Gasteiger partial charge on any atom is -0.497 e. The van der Waals surface area contributed by atoms with Gasteiger partial charge in [-0.05, 0) is 6.92 Å². The summed E-state index contributed by atoms with van der Waals surface area (Å²) in [6.45, 7) is 2.52. The molecule has 0 N–H and O–H groups in total. The molecule has 0 unspecified atom stereocenters. The first-order valence-electron chi connectivity index (χ1n) is 3.69. The lowest BCUT2D eigenvalue weighted by Crippen LogP contribution is -2.01. The summed E-state index contributed by atoms with van der Waals surface area (Å²) < 4.78 is 15.5. The molecule has 64 valence electrons. The van der Waals surface area contributed by atoms with Crippen LogP contribution in [0.25, 0.3) is 0 Å². The molecule has 11 heavy (non-hydrogen) atoms. The Kier molecular flexibility index (Phi) is 2.76. The Bertz CT molecular complexity index is 163. The molecule has 0 radical (unpaired) electrons. The fourth-order valence-corrected chi connectivity index (χ4v) is 1.17. The molecular weight excluding hydrogens is 144 g/mol. The van der Waals surface area contributed by atoms with E-state index in [9.17, 15) is 0 Å². The summed E-state index contributed by atoms with van der Waals surface area (Å²) in [5, 5.41) is 0. The second-order valence-corrected chi connectivity index (χ2v) is 2.62. The maximum atomic E-state index is 5.43. The molecule has 3 nitrogen and oxygen atoms in total. The van der Waals surface area contributed by atoms with Crippen molar-refractivity contribution in [3.8, 4) is 0 Å². The van der Waals surface area contributed by atoms with E-state index in [0.717, 1.165) is 17.9 Å². The SMILES string of the molecule is COCC1=C(OC)C[C@@H](C)O1. The molecule has 3 heteroatoms. The molecule has 0 saturated heterocycles. The van der Waals surface area contributed by atoms with Gasteiger partial charge in [0, 0.05) is 13.5 Å². The number of hydrogen-bond acceptors (Lipinski definition) is 3. The van der Waals surface area contributed by atoms with E-state index < -0.39 is 0 Å². The molecule has 1 heterocycles. The van der Waals surface area contributed by atoms with E-state index in [4.69, 9.17) is 14.2 Å². The lowest BCUT2D eigenvalue weighted by atomic mass is 10.3. The zero-order valence-electron chi connectivity index (χ0n) is 7.22. The Balaban J connectivity index is 2.56. The maximum Gasteiger partial charge on any atom is 0.160 e. The molecule has 0 aliphatic carbocycles. The predicted molar refractivity (Wildman–Crippen MR) is 41.1 cm³/mol. The monoisotopic (exact) mass is 158 g/mol. The van der Waals surface area contributed by atoms with Crippen LogP contribution in [-0.2, 0) is 14.2 Å². The summed E-state index contributed by atoms with van der Waals surface area (Å²) in [4.78, 5) is 0. The molecule has 0 aromatic carbocycles. The van der Waals surface area contributed by atoms with Crippen LogP contribution in [0.15, 0.2) is 11.5 Å². The quantitative estimate of drug-likeness (QED) is 0.619. The molecule has 1 rings (SSSR count). The van der Waals surface area contributed by atoms with E-state index >= 15 is 0 Å². The van der Waals surface area contributed by atoms with Gasteiger partial charge in [-0.3, -0.25) is 0 Å². The Morgan fingerprint density at radius 3 is 2.82 bits per heavy atom. The van der Waals surface area contributed by atoms with Crippen molar-refractivity contribution in [3.05, 3.63) is 11.5 Å². The Morgan fingerprint density at radius 1 is 1.55 bits per heavy atom. The van der Waals surface area contributed by atoms with Crippen molar-refractivity contribution in [1.29, 1.82) is 0 Å². The molecule has 1 aliphatic rings. The van der Waals surface area contributed by atoms with Gasteiger partial charge in [0.2, 0.25) is 0 Å². The van der Waals surface area contributed by atoms with E-state index in [1.54, 1.807) is 14.2 Å². The van der Waals surface area contributed by atoms with Crippen LogP contribution in [0.5, 0.6) is 0 Å². The van der Waals surface area contributed by atoms with Gasteiger partial charge in [-0.15, -0.1) is 0 Å². The standard InChI is InChI=1S/C8H14O3/c1-6-4-7(10-3)8(11-6)5-9-2/h6H,4-5H2,1-3H3/t6-/m1/s1. The summed E-state index contributed by atoms with van der Waals surface area (Å²) >= 11 is 0. The van der Waals surface area contributed by atoms with Crippen molar-refractivity contribution in [1.82, 2.24) is 0 Å². The maximum absolute atomic E-state index is 5.43. The summed E-state index contributed by atoms with van der Waals surface area (Å²) in [5.41, 5.74) is 0. The lowest BCUT2D eigenvalue weighted by molar-refractivity contribution is 0.106. The fourth-order valence-electron chi connectivity index (χ4n) is 1.17. The summed E-state index contributed by atoms with van der Waals surface area (Å²) in [7, 11) is 3.30. The minimum atomic E-state index is 0.232. The Morgan fingerprint density at radius 2 is 2.27 bits per heavy atom. The average Bonchev–Trinajstić information content (AvgIpc) is 2.32. The topological polar surface area (TPSA) is 27.7 Å². The molecule has 1 aliphatic heterocycles. The molecular formula is C8H14O3. The van der Waals surface area contributed by atoms with Crippen molar-refractivity contribution >= 4 is 0 Å². The van der Waals surface area contributed by atoms with Crippen molar-refractivity contribution in [2.45, 2.75) is 19.4 Å². The van der Waals surface area contributed by atoms with Crippen LogP contribution in [0.3, 0.4) is 0 Å². The molecule has 1 atom stereocenters. The average molecular weight is 158 g/mol. The van der Waals surface area contributed by atoms with Crippen LogP contribution in [0, 0.1) is 0 Å². The number of methoxy groups -OCH3 is 2. The van der Waals surface area contributed by atoms with Gasteiger partial charge in [0.1, 0.15) is 18.5 Å². The molecule has 0 aromatic rings. The first kappa shape index (κ1) is 8.40. The van der Waals surface area contributed by atoms with Gasteiger partial charge in [0.25, 0.3) is 0 Å². The van der Waals surface area contributed by atoms with Crippen molar-refractivity contribution in [2.75, 3.05) is 20.8 Å². The van der Waals surface area contributed by atoms with E-state index in [1.807, 2.05) is 6.92 Å². The van der Waals surface area contributed by atoms with Crippen LogP contribution >= 0.6 is 0 Å². The van der Waals surface area contributed by atoms with Gasteiger partial charge in [0.05, 0.1) is 7.11 Å². The molecule has 0 fully saturated rings. The normalized spacial score (nSPS) is 23.7. The second-order valence-electron chi connectivity index (χ2n) is 2.62. The first-order chi connectivity index (χ1) is 5.27. The highest BCUT2D eigenvalue weighted by molar-refractivity contribution is 5.08. The smallest absolute Gasteiger partial charge is 0.160 e. The number of rotatable bonds is 3. The zero-order valence-corrected chi connectivity index (χ0v) is 7.22. The highest BCUT2D eigenvalue weighted by Gasteiger charge is 2.22. The fraction of sp³-hybridized carbons (Fsp3) is 0.750. The van der Waals surface area contributed by atoms with Gasteiger partial charge in [-0.2, -0.15) is 0 Å². The van der Waals surface area contributed by atoms with Crippen LogP contribution in [0.1, 0.15) is 13.3 Å². The summed E-state index contributed by atoms with van der Waals surface area (Å²) in [5.74, 6) is 1.75. The van der Waals surface area contributed by atoms with E-state index in [1.165, 1.54) is 0 Å². The van der Waals surface area contributed by atoms with Gasteiger partial charge in [-0.25, -0.2) is 0 Å². The third-order valence-electron chi connectivity index (χ3n) is 1.65. The van der Waals surface area contributed by atoms with E-state index in [0.29, 0.717) is 6.61 Å². The first-order valence-corrected chi connectivity index (χ1v) is 3.69. The number of hydrogen-bond donors (Lipinski definition) is 0. The van der Waals surface area contributed by atoms with E-state index in [-0.39, 0.29) is 6.10 Å². The van der Waals surface area contributed by atoms with Gasteiger partial charge in [0.15, 0.2) is 5.76 Å². The molecule has 0 aromatic heterocycles. The van der Waals surface area contributed by atoms with Crippen LogP contribution in [0.2, 0.25) is 0 Å². The number of ether oxygens (including phenoxy) is 3. The van der Waals surface area contributed by atoms with Gasteiger partial charge >= 0.3 is 0 Å². The molecule has 0 saturated carbocycles. The lowest BCUT2D eigenvalue weighted by Gasteiger charge is -2.05. The van der Waals surface area contributed by atoms with E-state index in [2.05, 4.69) is 0 Å². The third-order valence-corrected chi connectivity index (χ3v) is 1.65. The molecule has 0 spiro atoms. The Hall–Kier alpha value is -0.700. The zero-order chi connectivity index (χ0) is 8.27. The Labute approximate surface area is 66.9 Å². The van der Waals surface area contributed by atoms with Crippen LogP contribution in [0.4, 0.5) is 0 Å². The van der Waals surface area contributed by atoms with Crippen molar-refractivity contribution in [2.24, 2.45) is 0 Å². The van der Waals surface area contributed by atoms with Crippen molar-refractivity contribution < 1.29 is 14.2 Å². The van der Waals surface area contributed by atoms with Crippen LogP contribution in [-0.4, -0.2) is 26.9 Å². The molecule has 0 bridgehead atoms. The van der Waals surface area contributed by atoms with Crippen molar-refractivity contribution in [3.63, 3.8) is 0 Å². The van der Waals surface area contributed by atoms with Gasteiger partial charge in [-0.1, -0.05) is 0 Å². The largest absolute Gasteiger partial charge is 0.497 e. The summed E-state index contributed by atoms with van der Waals surface area (Å²) in [6.07, 6.45) is 1.09. The molecule has 0 amide bonds. The third kappa shape index (κ3) is 1.87. The highest BCUT2D eigenvalue weighted by atomic mass is 16.6. The highest BCUT2D eigenvalue weighted by Crippen LogP contribution is 2.24.